The number of ether oxygens (including phenoxy) is 3. The normalized spacial score (nSPS) is 10.9. The first kappa shape index (κ1) is 23.2. The Bertz CT molecular complexity index is 1210. The van der Waals surface area contributed by atoms with Gasteiger partial charge in [-0.2, -0.15) is 0 Å². The minimum atomic E-state index is -0.600. The Balaban J connectivity index is 2.30. The first-order valence-electron chi connectivity index (χ1n) is 9.81. The molecule has 7 heteroatoms. The molecule has 0 fully saturated rings. The summed E-state index contributed by atoms with van der Waals surface area (Å²) in [5, 5.41) is 0.997. The number of halogens is 1. The van der Waals surface area contributed by atoms with Gasteiger partial charge in [0.05, 0.1) is 0 Å². The number of benzene rings is 3. The monoisotopic (exact) mass is 496 g/mol. The van der Waals surface area contributed by atoms with E-state index in [0.29, 0.717) is 16.3 Å². The molecule has 164 valence electrons. The lowest BCUT2D eigenvalue weighted by Crippen LogP contribution is -2.12. The zero-order valence-corrected chi connectivity index (χ0v) is 19.4. The van der Waals surface area contributed by atoms with E-state index in [1.807, 2.05) is 42.5 Å². The molecule has 0 unspecified atom stereocenters. The molecule has 0 aliphatic carbocycles. The van der Waals surface area contributed by atoms with Crippen molar-refractivity contribution in [3.05, 3.63) is 70.2 Å². The fraction of sp³-hybridized carbons (Fsp3) is 0.160. The molecule has 0 atom stereocenters. The van der Waals surface area contributed by atoms with E-state index in [1.165, 1.54) is 20.8 Å². The second kappa shape index (κ2) is 10.2. The summed E-state index contributed by atoms with van der Waals surface area (Å²) in [7, 11) is 0. The smallest absolute Gasteiger partial charge is 0.308 e. The molecule has 0 N–H and O–H groups in total. The number of hydrogen-bond donors (Lipinski definition) is 0. The van der Waals surface area contributed by atoms with Crippen molar-refractivity contribution in [2.24, 2.45) is 0 Å². The number of rotatable bonds is 6. The summed E-state index contributed by atoms with van der Waals surface area (Å²) in [5.74, 6) is -1.34. The molecule has 3 rings (SSSR count). The number of fused-ring (bicyclic) bond motifs is 1. The van der Waals surface area contributed by atoms with Gasteiger partial charge in [-0.25, -0.2) is 0 Å². The average Bonchev–Trinajstić information content (AvgIpc) is 2.72. The highest BCUT2D eigenvalue weighted by Crippen LogP contribution is 2.47. The molecule has 3 aromatic rings. The van der Waals surface area contributed by atoms with Crippen molar-refractivity contribution >= 4 is 50.7 Å². The third-order valence-corrected chi connectivity index (χ3v) is 4.89. The standard InChI is InChI=1S/C25H21BrO6/c1-15(27)30-23-21(11-7-10-18-8-5-4-6-9-18)25(32-17(3)29)24(31-16(2)28)20-13-12-19(26)14-22(20)23/h4-10,12-14H,11H2,1-3H3. The first-order valence-corrected chi connectivity index (χ1v) is 10.6. The van der Waals surface area contributed by atoms with Crippen molar-refractivity contribution in [3.8, 4) is 17.2 Å². The summed E-state index contributed by atoms with van der Waals surface area (Å²) in [5.41, 5.74) is 1.38. The van der Waals surface area contributed by atoms with E-state index in [9.17, 15) is 14.4 Å². The molecular weight excluding hydrogens is 476 g/mol. The highest BCUT2D eigenvalue weighted by molar-refractivity contribution is 9.10. The summed E-state index contributed by atoms with van der Waals surface area (Å²) in [4.78, 5) is 35.7. The fourth-order valence-electron chi connectivity index (χ4n) is 3.25. The molecule has 3 aromatic carbocycles. The van der Waals surface area contributed by atoms with E-state index in [-0.39, 0.29) is 23.7 Å². The van der Waals surface area contributed by atoms with Crippen LogP contribution in [0.1, 0.15) is 31.9 Å². The van der Waals surface area contributed by atoms with Gasteiger partial charge in [-0.15, -0.1) is 0 Å². The number of carbonyl (C=O) groups excluding carboxylic acids is 3. The first-order chi connectivity index (χ1) is 15.3. The molecule has 0 spiro atoms. The summed E-state index contributed by atoms with van der Waals surface area (Å²) in [6, 6.07) is 14.8. The Morgan fingerprint density at radius 2 is 1.38 bits per heavy atom. The van der Waals surface area contributed by atoms with Crippen LogP contribution in [-0.2, 0) is 20.8 Å². The van der Waals surface area contributed by atoms with Gasteiger partial charge >= 0.3 is 17.9 Å². The van der Waals surface area contributed by atoms with Gasteiger partial charge in [0.25, 0.3) is 0 Å². The van der Waals surface area contributed by atoms with Gasteiger partial charge in [0, 0.05) is 41.6 Å². The average molecular weight is 497 g/mol. The van der Waals surface area contributed by atoms with Gasteiger partial charge in [-0.3, -0.25) is 14.4 Å². The minimum Gasteiger partial charge on any atom is -0.426 e. The highest BCUT2D eigenvalue weighted by atomic mass is 79.9. The van der Waals surface area contributed by atoms with Gasteiger partial charge < -0.3 is 14.2 Å². The third kappa shape index (κ3) is 5.62. The van der Waals surface area contributed by atoms with Gasteiger partial charge in [0.2, 0.25) is 0 Å². The molecule has 0 saturated carbocycles. The van der Waals surface area contributed by atoms with E-state index in [1.54, 1.807) is 18.2 Å². The number of allylic oxidation sites excluding steroid dienone is 1. The molecule has 0 bridgehead atoms. The van der Waals surface area contributed by atoms with Crippen molar-refractivity contribution in [2.75, 3.05) is 0 Å². The van der Waals surface area contributed by atoms with E-state index >= 15 is 0 Å². The van der Waals surface area contributed by atoms with Crippen LogP contribution < -0.4 is 14.2 Å². The van der Waals surface area contributed by atoms with Crippen LogP contribution in [0, 0.1) is 0 Å². The Hall–Kier alpha value is -3.45. The van der Waals surface area contributed by atoms with E-state index in [0.717, 1.165) is 10.0 Å². The largest absolute Gasteiger partial charge is 0.426 e. The minimum absolute atomic E-state index is 0.0384. The predicted octanol–water partition coefficient (Wildman–Crippen LogP) is 5.63. The fourth-order valence-corrected chi connectivity index (χ4v) is 3.61. The number of carbonyl (C=O) groups is 3. The van der Waals surface area contributed by atoms with Crippen LogP contribution >= 0.6 is 15.9 Å². The Morgan fingerprint density at radius 3 is 2.00 bits per heavy atom. The van der Waals surface area contributed by atoms with Crippen molar-refractivity contribution in [3.63, 3.8) is 0 Å². The lowest BCUT2D eigenvalue weighted by molar-refractivity contribution is -0.134. The van der Waals surface area contributed by atoms with E-state index < -0.39 is 17.9 Å². The maximum atomic E-state index is 11.9. The van der Waals surface area contributed by atoms with Crippen molar-refractivity contribution in [1.82, 2.24) is 0 Å². The number of esters is 3. The molecule has 0 aliphatic heterocycles. The molecule has 0 saturated heterocycles. The summed E-state index contributed by atoms with van der Waals surface area (Å²) in [6.45, 7) is 3.80. The molecular formula is C25H21BrO6. The highest BCUT2D eigenvalue weighted by Gasteiger charge is 2.26. The zero-order valence-electron chi connectivity index (χ0n) is 17.8. The Labute approximate surface area is 193 Å². The van der Waals surface area contributed by atoms with Crippen molar-refractivity contribution < 1.29 is 28.6 Å². The predicted molar refractivity (Wildman–Crippen MR) is 125 cm³/mol. The molecule has 0 aliphatic rings. The van der Waals surface area contributed by atoms with Crippen LogP contribution in [0.4, 0.5) is 0 Å². The quantitative estimate of drug-likeness (QED) is 0.324. The van der Waals surface area contributed by atoms with Gasteiger partial charge in [-0.1, -0.05) is 58.4 Å². The molecule has 32 heavy (non-hydrogen) atoms. The summed E-state index contributed by atoms with van der Waals surface area (Å²) in [6.07, 6.45) is 3.99. The van der Waals surface area contributed by atoms with Crippen LogP contribution in [0.25, 0.3) is 16.8 Å². The topological polar surface area (TPSA) is 78.9 Å². The van der Waals surface area contributed by atoms with Gasteiger partial charge in [-0.05, 0) is 30.2 Å². The number of hydrogen-bond acceptors (Lipinski definition) is 6. The maximum Gasteiger partial charge on any atom is 0.308 e. The Kier molecular flexibility index (Phi) is 7.43. The van der Waals surface area contributed by atoms with Crippen LogP contribution in [0.2, 0.25) is 0 Å². The lowest BCUT2D eigenvalue weighted by Gasteiger charge is -2.20. The van der Waals surface area contributed by atoms with Gasteiger partial charge in [0.1, 0.15) is 5.75 Å². The Morgan fingerprint density at radius 1 is 0.781 bits per heavy atom. The van der Waals surface area contributed by atoms with Crippen molar-refractivity contribution in [1.29, 1.82) is 0 Å². The maximum absolute atomic E-state index is 11.9. The SMILES string of the molecule is CC(=O)Oc1c(CC=Cc2ccccc2)c(OC(C)=O)c2cc(Br)ccc2c1OC(C)=O. The van der Waals surface area contributed by atoms with Crippen LogP contribution in [0.3, 0.4) is 0 Å². The molecule has 0 radical (unpaired) electrons. The van der Waals surface area contributed by atoms with Gasteiger partial charge in [0.15, 0.2) is 11.5 Å². The van der Waals surface area contributed by atoms with Crippen molar-refractivity contribution in [2.45, 2.75) is 27.2 Å². The van der Waals surface area contributed by atoms with E-state index in [4.69, 9.17) is 14.2 Å². The zero-order chi connectivity index (χ0) is 23.3. The second-order valence-corrected chi connectivity index (χ2v) is 7.87. The summed E-state index contributed by atoms with van der Waals surface area (Å²) >= 11 is 3.43. The molecule has 6 nitrogen and oxygen atoms in total. The van der Waals surface area contributed by atoms with Crippen LogP contribution in [-0.4, -0.2) is 17.9 Å². The molecule has 0 aromatic heterocycles. The second-order valence-electron chi connectivity index (χ2n) is 6.95. The molecule has 0 heterocycles. The van der Waals surface area contributed by atoms with Crippen LogP contribution in [0.5, 0.6) is 17.2 Å². The van der Waals surface area contributed by atoms with E-state index in [2.05, 4.69) is 15.9 Å². The lowest BCUT2D eigenvalue weighted by atomic mass is 9.99. The summed E-state index contributed by atoms with van der Waals surface area (Å²) < 4.78 is 17.3. The van der Waals surface area contributed by atoms with Crippen LogP contribution in [0.15, 0.2) is 59.1 Å². The third-order valence-electron chi connectivity index (χ3n) is 4.39. The molecule has 0 amide bonds.